The summed E-state index contributed by atoms with van der Waals surface area (Å²) in [5, 5.41) is 14.0. The average Bonchev–Trinajstić information content (AvgIpc) is 3.42. The molecule has 1 amide bonds. The number of unbranched alkanes of at least 4 members (excludes halogenated alkanes) is 63. The molecule has 0 saturated heterocycles. The van der Waals surface area contributed by atoms with Crippen LogP contribution in [0.1, 0.15) is 444 Å². The van der Waals surface area contributed by atoms with E-state index in [1.54, 1.807) is 6.08 Å². The van der Waals surface area contributed by atoms with Crippen molar-refractivity contribution in [2.45, 2.75) is 456 Å². The molecule has 3 atom stereocenters. The van der Waals surface area contributed by atoms with E-state index in [4.69, 9.17) is 9.05 Å². The normalized spacial score (nSPS) is 13.5. The van der Waals surface area contributed by atoms with E-state index >= 15 is 0 Å². The van der Waals surface area contributed by atoms with Crippen molar-refractivity contribution in [3.05, 3.63) is 24.3 Å². The highest BCUT2D eigenvalue weighted by Gasteiger charge is 2.23. The van der Waals surface area contributed by atoms with E-state index in [0.717, 1.165) is 38.5 Å². The van der Waals surface area contributed by atoms with Gasteiger partial charge in [0.25, 0.3) is 7.82 Å². The topological polar surface area (TPSA) is 108 Å². The zero-order valence-corrected chi connectivity index (χ0v) is 63.2. The zero-order chi connectivity index (χ0) is 66.2. The van der Waals surface area contributed by atoms with Gasteiger partial charge < -0.3 is 28.8 Å². The fourth-order valence-electron chi connectivity index (χ4n) is 13.0. The number of hydrogen-bond donors (Lipinski definition) is 2. The number of allylic oxidation sites excluding steroid dienone is 3. The Balaban J connectivity index is 3.92. The van der Waals surface area contributed by atoms with Crippen LogP contribution in [0.25, 0.3) is 0 Å². The largest absolute Gasteiger partial charge is 0.756 e. The second kappa shape index (κ2) is 73.2. The number of phosphoric acid groups is 1. The SMILES string of the molecule is CCCCCCCCCC/C=C\CCCCCCCCCCCCCCCCCCCCCCCCCCCC(=O)NC(COP(=O)([O-])OCC[N+](C)(C)C)C(O)/C=C/CCCCCCCCCCCCCCCCCCCCCCCCCCCCCCCC. The summed E-state index contributed by atoms with van der Waals surface area (Å²) in [6.07, 6.45) is 97.9. The highest BCUT2D eigenvalue weighted by Crippen LogP contribution is 2.38. The predicted octanol–water partition coefficient (Wildman–Crippen LogP) is 26.3. The molecule has 0 aromatic rings. The summed E-state index contributed by atoms with van der Waals surface area (Å²) in [6, 6.07) is -0.886. The smallest absolute Gasteiger partial charge is 0.268 e. The van der Waals surface area contributed by atoms with Gasteiger partial charge >= 0.3 is 0 Å². The van der Waals surface area contributed by atoms with Gasteiger partial charge in [-0.05, 0) is 44.9 Å². The van der Waals surface area contributed by atoms with Crippen LogP contribution in [0.5, 0.6) is 0 Å². The maximum Gasteiger partial charge on any atom is 0.268 e. The van der Waals surface area contributed by atoms with Gasteiger partial charge in [0.15, 0.2) is 0 Å². The van der Waals surface area contributed by atoms with Crippen molar-refractivity contribution in [2.24, 2.45) is 0 Å². The number of carbonyl (C=O) groups excluding carboxylic acids is 1. The Bertz CT molecular complexity index is 1530. The third kappa shape index (κ3) is 76.2. The molecule has 0 aliphatic rings. The molecule has 0 heterocycles. The highest BCUT2D eigenvalue weighted by molar-refractivity contribution is 7.45. The van der Waals surface area contributed by atoms with Gasteiger partial charge in [-0.3, -0.25) is 9.36 Å². The van der Waals surface area contributed by atoms with Crippen molar-refractivity contribution < 1.29 is 32.9 Å². The Morgan fingerprint density at radius 3 is 0.857 bits per heavy atom. The van der Waals surface area contributed by atoms with E-state index in [1.807, 2.05) is 27.2 Å². The number of nitrogens with one attached hydrogen (secondary N) is 1. The van der Waals surface area contributed by atoms with Crippen molar-refractivity contribution in [3.63, 3.8) is 0 Å². The number of nitrogens with zero attached hydrogens (tertiary/aromatic N) is 1. The number of aliphatic hydroxyl groups excluding tert-OH is 1. The quantitative estimate of drug-likeness (QED) is 0.0272. The number of hydrogen-bond acceptors (Lipinski definition) is 6. The van der Waals surface area contributed by atoms with E-state index < -0.39 is 20.0 Å². The van der Waals surface area contributed by atoms with Crippen LogP contribution in [0.4, 0.5) is 0 Å². The van der Waals surface area contributed by atoms with Gasteiger partial charge in [0.05, 0.1) is 39.9 Å². The Hall–Kier alpha value is -1.02. The molecular formula is C82H163N2O6P. The summed E-state index contributed by atoms with van der Waals surface area (Å²) in [5.74, 6) is -0.186. The zero-order valence-electron chi connectivity index (χ0n) is 62.3. The highest BCUT2D eigenvalue weighted by atomic mass is 31.2. The molecule has 0 aromatic carbocycles. The molecule has 9 heteroatoms. The van der Waals surface area contributed by atoms with E-state index in [1.165, 1.54) is 385 Å². The standard InChI is InChI=1S/C82H163N2O6P/c1-6-8-10-12-14-16-18-20-22-24-26-28-30-32-34-36-38-40-41-42-43-44-46-48-50-52-54-56-58-60-62-64-66-68-70-72-74-76-82(86)83-80(79-90-91(87,88)89-78-77-84(3,4)5)81(85)75-73-71-69-67-65-63-61-59-57-55-53-51-49-47-45-39-37-35-33-31-29-27-25-23-21-19-17-15-13-11-9-7-2/h24,26,73,75,80-81,85H,6-23,25,27-72,74,76-79H2,1-5H3,(H-,83,86,87,88)/b26-24-,75-73+. The lowest BCUT2D eigenvalue weighted by Crippen LogP contribution is -2.45. The molecule has 0 saturated carbocycles. The molecule has 542 valence electrons. The first-order valence-corrected chi connectivity index (χ1v) is 42.7. The number of amides is 1. The van der Waals surface area contributed by atoms with Gasteiger partial charge in [0.2, 0.25) is 5.91 Å². The van der Waals surface area contributed by atoms with Crippen molar-refractivity contribution in [1.29, 1.82) is 0 Å². The van der Waals surface area contributed by atoms with E-state index in [9.17, 15) is 19.4 Å². The maximum atomic E-state index is 13.1. The number of phosphoric ester groups is 1. The van der Waals surface area contributed by atoms with Crippen molar-refractivity contribution in [3.8, 4) is 0 Å². The van der Waals surface area contributed by atoms with Crippen molar-refractivity contribution >= 4 is 13.7 Å². The predicted molar refractivity (Wildman–Crippen MR) is 399 cm³/mol. The first-order valence-electron chi connectivity index (χ1n) is 41.2. The lowest BCUT2D eigenvalue weighted by atomic mass is 10.0. The summed E-state index contributed by atoms with van der Waals surface area (Å²) >= 11 is 0. The summed E-state index contributed by atoms with van der Waals surface area (Å²) in [5.41, 5.74) is 0. The lowest BCUT2D eigenvalue weighted by Gasteiger charge is -2.29. The number of aliphatic hydroxyl groups is 1. The van der Waals surface area contributed by atoms with Crippen LogP contribution >= 0.6 is 7.82 Å². The maximum absolute atomic E-state index is 13.1. The number of carbonyl (C=O) groups is 1. The van der Waals surface area contributed by atoms with Crippen LogP contribution in [0, 0.1) is 0 Å². The summed E-state index contributed by atoms with van der Waals surface area (Å²) in [4.78, 5) is 25.7. The number of likely N-dealkylation sites (N-methyl/N-ethyl adjacent to an activating group) is 1. The Kier molecular flexibility index (Phi) is 72.4. The minimum atomic E-state index is -4.61. The van der Waals surface area contributed by atoms with Crippen molar-refractivity contribution in [2.75, 3.05) is 40.9 Å². The molecule has 91 heavy (non-hydrogen) atoms. The van der Waals surface area contributed by atoms with Crippen LogP contribution in [0.2, 0.25) is 0 Å². The Labute approximate surface area is 570 Å². The lowest BCUT2D eigenvalue weighted by molar-refractivity contribution is -0.870. The van der Waals surface area contributed by atoms with Gasteiger partial charge in [-0.15, -0.1) is 0 Å². The Morgan fingerprint density at radius 2 is 0.604 bits per heavy atom. The van der Waals surface area contributed by atoms with Crippen LogP contribution in [0.3, 0.4) is 0 Å². The number of rotatable bonds is 78. The number of quaternary nitrogens is 1. The molecule has 0 aromatic heterocycles. The first kappa shape index (κ1) is 90.0. The molecule has 0 aliphatic heterocycles. The van der Waals surface area contributed by atoms with E-state index in [0.29, 0.717) is 17.4 Å². The summed E-state index contributed by atoms with van der Waals surface area (Å²) < 4.78 is 23.5. The van der Waals surface area contributed by atoms with Crippen LogP contribution in [-0.2, 0) is 18.4 Å². The first-order chi connectivity index (χ1) is 44.5. The second-order valence-corrected chi connectivity index (χ2v) is 31.2. The molecule has 0 aliphatic carbocycles. The van der Waals surface area contributed by atoms with E-state index in [-0.39, 0.29) is 19.1 Å². The monoisotopic (exact) mass is 1300 g/mol. The minimum Gasteiger partial charge on any atom is -0.756 e. The molecule has 3 unspecified atom stereocenters. The van der Waals surface area contributed by atoms with Crippen LogP contribution in [-0.4, -0.2) is 68.5 Å². The summed E-state index contributed by atoms with van der Waals surface area (Å²) in [7, 11) is 1.29. The fraction of sp³-hybridized carbons (Fsp3) is 0.939. The molecular weight excluding hydrogens is 1140 g/mol. The molecule has 2 N–H and O–H groups in total. The third-order valence-corrected chi connectivity index (χ3v) is 20.4. The molecule has 0 bridgehead atoms. The van der Waals surface area contributed by atoms with Gasteiger partial charge in [0.1, 0.15) is 13.2 Å². The van der Waals surface area contributed by atoms with Crippen molar-refractivity contribution in [1.82, 2.24) is 5.32 Å². The Morgan fingerprint density at radius 1 is 0.374 bits per heavy atom. The molecule has 0 fully saturated rings. The molecule has 8 nitrogen and oxygen atoms in total. The average molecular weight is 1300 g/mol. The van der Waals surface area contributed by atoms with Gasteiger partial charge in [-0.25, -0.2) is 0 Å². The third-order valence-electron chi connectivity index (χ3n) is 19.4. The molecule has 0 rings (SSSR count). The van der Waals surface area contributed by atoms with Crippen LogP contribution in [0.15, 0.2) is 24.3 Å². The molecule has 0 radical (unpaired) electrons. The summed E-state index contributed by atoms with van der Waals surface area (Å²) in [6.45, 7) is 4.73. The van der Waals surface area contributed by atoms with E-state index in [2.05, 4.69) is 31.3 Å². The minimum absolute atomic E-state index is 0.00246. The second-order valence-electron chi connectivity index (χ2n) is 29.8. The fourth-order valence-corrected chi connectivity index (χ4v) is 13.8. The molecule has 0 spiro atoms. The van der Waals surface area contributed by atoms with Gasteiger partial charge in [0, 0.05) is 6.42 Å². The van der Waals surface area contributed by atoms with Gasteiger partial charge in [-0.1, -0.05) is 417 Å². The van der Waals surface area contributed by atoms with Crippen LogP contribution < -0.4 is 10.2 Å². The van der Waals surface area contributed by atoms with Gasteiger partial charge in [-0.2, -0.15) is 0 Å².